The van der Waals surface area contributed by atoms with Gasteiger partial charge in [-0.05, 0) is 26.7 Å². The highest BCUT2D eigenvalue weighted by Gasteiger charge is 2.11. The van der Waals surface area contributed by atoms with Crippen LogP contribution >= 0.6 is 0 Å². The molecule has 0 bridgehead atoms. The monoisotopic (exact) mass is 198 g/mol. The second-order valence-corrected chi connectivity index (χ2v) is 3.52. The summed E-state index contributed by atoms with van der Waals surface area (Å²) < 4.78 is 5.35. The predicted molar refractivity (Wildman–Crippen MR) is 55.1 cm³/mol. The summed E-state index contributed by atoms with van der Waals surface area (Å²) in [5.74, 6) is 0. The second kappa shape index (κ2) is 7.44. The summed E-state index contributed by atoms with van der Waals surface area (Å²) >= 11 is 0. The zero-order valence-electron chi connectivity index (χ0n) is 8.86. The van der Waals surface area contributed by atoms with Crippen LogP contribution in [0.4, 0.5) is 0 Å². The van der Waals surface area contributed by atoms with Crippen LogP contribution in [0, 0.1) is 0 Å². The fourth-order valence-electron chi connectivity index (χ4n) is 1.05. The predicted octanol–water partition coefficient (Wildman–Crippen LogP) is 1.90. The van der Waals surface area contributed by atoms with Gasteiger partial charge in [0.2, 0.25) is 0 Å². The van der Waals surface area contributed by atoms with Crippen LogP contribution in [0.15, 0.2) is 12.2 Å². The van der Waals surface area contributed by atoms with Gasteiger partial charge in [0, 0.05) is 6.42 Å². The summed E-state index contributed by atoms with van der Waals surface area (Å²) in [4.78, 5) is 20.6. The Balaban J connectivity index is 3.77. The first-order valence-corrected chi connectivity index (χ1v) is 4.79. The maximum absolute atomic E-state index is 10.5. The lowest BCUT2D eigenvalue weighted by molar-refractivity contribution is -0.125. The van der Waals surface area contributed by atoms with Crippen molar-refractivity contribution in [2.24, 2.45) is 0 Å². The van der Waals surface area contributed by atoms with E-state index in [1.807, 2.05) is 13.8 Å². The highest BCUT2D eigenvalue weighted by molar-refractivity contribution is 5.63. The van der Waals surface area contributed by atoms with Crippen LogP contribution < -0.4 is 0 Å². The third kappa shape index (κ3) is 6.54. The van der Waals surface area contributed by atoms with Gasteiger partial charge in [0.1, 0.15) is 18.7 Å². The Morgan fingerprint density at radius 3 is 2.57 bits per heavy atom. The molecule has 0 fully saturated rings. The normalized spacial score (nSPS) is 14.4. The van der Waals surface area contributed by atoms with E-state index in [2.05, 4.69) is 6.58 Å². The SMILES string of the molecule is C=C(C)CCC(C)OC(C=O)CC=O. The molecule has 0 N–H and O–H groups in total. The van der Waals surface area contributed by atoms with Crippen LogP contribution in [0.3, 0.4) is 0 Å². The van der Waals surface area contributed by atoms with E-state index in [0.717, 1.165) is 18.4 Å². The number of allylic oxidation sites excluding steroid dienone is 1. The Kier molecular flexibility index (Phi) is 6.93. The molecular weight excluding hydrogens is 180 g/mol. The fourth-order valence-corrected chi connectivity index (χ4v) is 1.05. The van der Waals surface area contributed by atoms with E-state index in [9.17, 15) is 9.59 Å². The highest BCUT2D eigenvalue weighted by atomic mass is 16.5. The zero-order valence-corrected chi connectivity index (χ0v) is 8.86. The number of rotatable bonds is 8. The van der Waals surface area contributed by atoms with Gasteiger partial charge in [-0.15, -0.1) is 6.58 Å². The second-order valence-electron chi connectivity index (χ2n) is 3.52. The van der Waals surface area contributed by atoms with Crippen molar-refractivity contribution in [3.8, 4) is 0 Å². The number of carbonyl (C=O) groups excluding carboxylic acids is 2. The van der Waals surface area contributed by atoms with Crippen molar-refractivity contribution in [3.63, 3.8) is 0 Å². The maximum atomic E-state index is 10.5. The Bertz CT molecular complexity index is 199. The van der Waals surface area contributed by atoms with Gasteiger partial charge in [0.15, 0.2) is 0 Å². The molecule has 0 aliphatic carbocycles. The topological polar surface area (TPSA) is 43.4 Å². The van der Waals surface area contributed by atoms with Gasteiger partial charge >= 0.3 is 0 Å². The minimum Gasteiger partial charge on any atom is -0.367 e. The van der Waals surface area contributed by atoms with Gasteiger partial charge in [-0.25, -0.2) is 0 Å². The first-order valence-electron chi connectivity index (χ1n) is 4.79. The van der Waals surface area contributed by atoms with Crippen molar-refractivity contribution in [1.29, 1.82) is 0 Å². The van der Waals surface area contributed by atoms with Gasteiger partial charge in [0.05, 0.1) is 6.10 Å². The van der Waals surface area contributed by atoms with Crippen molar-refractivity contribution >= 4 is 12.6 Å². The first kappa shape index (κ1) is 13.0. The number of hydrogen-bond acceptors (Lipinski definition) is 3. The van der Waals surface area contributed by atoms with Gasteiger partial charge in [0.25, 0.3) is 0 Å². The lowest BCUT2D eigenvalue weighted by Gasteiger charge is -2.16. The molecule has 2 unspecified atom stereocenters. The van der Waals surface area contributed by atoms with Crippen molar-refractivity contribution in [3.05, 3.63) is 12.2 Å². The molecule has 0 aliphatic rings. The summed E-state index contributed by atoms with van der Waals surface area (Å²) in [6.45, 7) is 7.63. The molecule has 0 aromatic carbocycles. The van der Waals surface area contributed by atoms with Crippen LogP contribution in [-0.2, 0) is 14.3 Å². The molecular formula is C11H18O3. The average molecular weight is 198 g/mol. The lowest BCUT2D eigenvalue weighted by Crippen LogP contribution is -2.21. The van der Waals surface area contributed by atoms with Crippen molar-refractivity contribution in [2.75, 3.05) is 0 Å². The molecule has 3 heteroatoms. The summed E-state index contributed by atoms with van der Waals surface area (Å²) in [6.07, 6.45) is 2.62. The summed E-state index contributed by atoms with van der Waals surface area (Å²) in [5.41, 5.74) is 1.10. The zero-order chi connectivity index (χ0) is 11.0. The molecule has 0 aromatic rings. The molecule has 0 amide bonds. The minimum absolute atomic E-state index is 0.0122. The molecule has 2 atom stereocenters. The van der Waals surface area contributed by atoms with Gasteiger partial charge in [-0.2, -0.15) is 0 Å². The third-order valence-electron chi connectivity index (χ3n) is 1.87. The Morgan fingerprint density at radius 1 is 1.50 bits per heavy atom. The van der Waals surface area contributed by atoms with Crippen LogP contribution in [0.5, 0.6) is 0 Å². The lowest BCUT2D eigenvalue weighted by atomic mass is 10.1. The number of aldehydes is 2. The first-order chi connectivity index (χ1) is 6.60. The standard InChI is InChI=1S/C11H18O3/c1-9(2)4-5-10(3)14-11(8-13)6-7-12/h7-8,10-11H,1,4-6H2,2-3H3. The summed E-state index contributed by atoms with van der Waals surface area (Å²) in [5, 5.41) is 0. The van der Waals surface area contributed by atoms with Gasteiger partial charge < -0.3 is 14.3 Å². The van der Waals surface area contributed by atoms with E-state index in [1.54, 1.807) is 0 Å². The highest BCUT2D eigenvalue weighted by Crippen LogP contribution is 2.09. The quantitative estimate of drug-likeness (QED) is 0.442. The van der Waals surface area contributed by atoms with Crippen molar-refractivity contribution < 1.29 is 14.3 Å². The fraction of sp³-hybridized carbons (Fsp3) is 0.636. The molecule has 0 aromatic heterocycles. The maximum Gasteiger partial charge on any atom is 0.149 e. The van der Waals surface area contributed by atoms with Crippen LogP contribution in [0.1, 0.15) is 33.1 Å². The van der Waals surface area contributed by atoms with Crippen LogP contribution in [0.25, 0.3) is 0 Å². The van der Waals surface area contributed by atoms with Gasteiger partial charge in [-0.3, -0.25) is 0 Å². The van der Waals surface area contributed by atoms with E-state index in [1.165, 1.54) is 0 Å². The van der Waals surface area contributed by atoms with Crippen LogP contribution in [-0.4, -0.2) is 24.8 Å². The third-order valence-corrected chi connectivity index (χ3v) is 1.87. The smallest absolute Gasteiger partial charge is 0.149 e. The van der Waals surface area contributed by atoms with E-state index in [0.29, 0.717) is 12.6 Å². The molecule has 0 heterocycles. The minimum atomic E-state index is -0.590. The molecule has 0 spiro atoms. The van der Waals surface area contributed by atoms with Crippen LogP contribution in [0.2, 0.25) is 0 Å². The number of carbonyl (C=O) groups is 2. The molecule has 3 nitrogen and oxygen atoms in total. The van der Waals surface area contributed by atoms with Gasteiger partial charge in [-0.1, -0.05) is 5.57 Å². The Hall–Kier alpha value is -0.960. The molecule has 0 saturated heterocycles. The molecule has 14 heavy (non-hydrogen) atoms. The largest absolute Gasteiger partial charge is 0.367 e. The molecule has 0 saturated carbocycles. The Morgan fingerprint density at radius 2 is 2.14 bits per heavy atom. The van der Waals surface area contributed by atoms with Crippen molar-refractivity contribution in [1.82, 2.24) is 0 Å². The van der Waals surface area contributed by atoms with E-state index in [4.69, 9.17) is 4.74 Å². The van der Waals surface area contributed by atoms with E-state index in [-0.39, 0.29) is 12.5 Å². The summed E-state index contributed by atoms with van der Waals surface area (Å²) in [6, 6.07) is 0. The molecule has 80 valence electrons. The molecule has 0 aliphatic heterocycles. The number of hydrogen-bond donors (Lipinski definition) is 0. The average Bonchev–Trinajstić information content (AvgIpc) is 2.14. The number of ether oxygens (including phenoxy) is 1. The molecule has 0 rings (SSSR count). The van der Waals surface area contributed by atoms with E-state index >= 15 is 0 Å². The van der Waals surface area contributed by atoms with Crippen molar-refractivity contribution in [2.45, 2.75) is 45.3 Å². The molecule has 0 radical (unpaired) electrons. The summed E-state index contributed by atoms with van der Waals surface area (Å²) in [7, 11) is 0. The van der Waals surface area contributed by atoms with E-state index < -0.39 is 6.10 Å². The Labute approximate surface area is 85.1 Å².